The maximum Gasteiger partial charge on any atom is 0.295 e. The SMILES string of the molecule is O=NCC(O[N+](=O)[O-])c1ccc([N+](=O)[O-])cc1. The fourth-order valence-electron chi connectivity index (χ4n) is 1.18. The summed E-state index contributed by atoms with van der Waals surface area (Å²) in [6.45, 7) is -0.446. The van der Waals surface area contributed by atoms with Crippen LogP contribution in [0.5, 0.6) is 0 Å². The molecule has 0 aliphatic heterocycles. The van der Waals surface area contributed by atoms with Crippen molar-refractivity contribution in [2.75, 3.05) is 6.54 Å². The van der Waals surface area contributed by atoms with Crippen LogP contribution in [0.15, 0.2) is 29.4 Å². The van der Waals surface area contributed by atoms with Crippen LogP contribution < -0.4 is 0 Å². The lowest BCUT2D eigenvalue weighted by Crippen LogP contribution is -2.12. The number of nitro benzene ring substituents is 1. The van der Waals surface area contributed by atoms with E-state index in [2.05, 4.69) is 10.0 Å². The molecule has 0 aromatic heterocycles. The summed E-state index contributed by atoms with van der Waals surface area (Å²) in [7, 11) is 0. The Labute approximate surface area is 94.2 Å². The number of benzene rings is 1. The molecule has 1 aromatic rings. The van der Waals surface area contributed by atoms with Crippen molar-refractivity contribution in [2.45, 2.75) is 6.10 Å². The van der Waals surface area contributed by atoms with E-state index in [9.17, 15) is 25.1 Å². The van der Waals surface area contributed by atoms with E-state index in [-0.39, 0.29) is 11.3 Å². The molecule has 0 spiro atoms. The Bertz CT molecular complexity index is 431. The summed E-state index contributed by atoms with van der Waals surface area (Å²) in [5.74, 6) is 0. The van der Waals surface area contributed by atoms with Crippen molar-refractivity contribution in [1.29, 1.82) is 0 Å². The molecule has 1 unspecified atom stereocenters. The lowest BCUT2D eigenvalue weighted by atomic mass is 10.1. The van der Waals surface area contributed by atoms with E-state index in [4.69, 9.17) is 0 Å². The Morgan fingerprint density at radius 2 is 1.82 bits per heavy atom. The molecule has 0 radical (unpaired) electrons. The zero-order chi connectivity index (χ0) is 12.8. The number of rotatable bonds is 6. The standard InChI is InChI=1S/C8H7N3O6/c12-9-5-8(17-11(15)16)6-1-3-7(4-2-6)10(13)14/h1-4,8H,5H2. The van der Waals surface area contributed by atoms with Gasteiger partial charge in [0, 0.05) is 12.1 Å². The monoisotopic (exact) mass is 241 g/mol. The van der Waals surface area contributed by atoms with Crippen molar-refractivity contribution in [3.63, 3.8) is 0 Å². The predicted molar refractivity (Wildman–Crippen MR) is 54.6 cm³/mol. The van der Waals surface area contributed by atoms with Gasteiger partial charge < -0.3 is 4.84 Å². The van der Waals surface area contributed by atoms with Crippen LogP contribution in [0, 0.1) is 25.1 Å². The molecular weight excluding hydrogens is 234 g/mol. The summed E-state index contributed by atoms with van der Waals surface area (Å²) in [5, 5.41) is 22.0. The minimum absolute atomic E-state index is 0.160. The van der Waals surface area contributed by atoms with E-state index in [1.807, 2.05) is 0 Å². The summed E-state index contributed by atoms with van der Waals surface area (Å²) in [6, 6.07) is 4.88. The second kappa shape index (κ2) is 5.49. The van der Waals surface area contributed by atoms with Gasteiger partial charge in [0.05, 0.1) is 4.92 Å². The van der Waals surface area contributed by atoms with Gasteiger partial charge in [-0.15, -0.1) is 10.1 Å². The molecule has 0 fully saturated rings. The molecule has 0 saturated carbocycles. The first kappa shape index (κ1) is 12.5. The highest BCUT2D eigenvalue weighted by Gasteiger charge is 2.17. The second-order valence-electron chi connectivity index (χ2n) is 2.98. The fraction of sp³-hybridized carbons (Fsp3) is 0.250. The van der Waals surface area contributed by atoms with Crippen molar-refractivity contribution >= 4 is 5.69 Å². The maximum absolute atomic E-state index is 10.4. The second-order valence-corrected chi connectivity index (χ2v) is 2.98. The van der Waals surface area contributed by atoms with Crippen LogP contribution in [0.2, 0.25) is 0 Å². The molecule has 0 heterocycles. The van der Waals surface area contributed by atoms with Crippen LogP contribution in [0.25, 0.3) is 0 Å². The Morgan fingerprint density at radius 1 is 1.24 bits per heavy atom. The summed E-state index contributed by atoms with van der Waals surface area (Å²) >= 11 is 0. The molecular formula is C8H7N3O6. The van der Waals surface area contributed by atoms with Gasteiger partial charge in [-0.1, -0.05) is 5.18 Å². The Balaban J connectivity index is 2.90. The zero-order valence-electron chi connectivity index (χ0n) is 8.38. The minimum atomic E-state index is -1.15. The van der Waals surface area contributed by atoms with E-state index in [1.54, 1.807) is 0 Å². The fourth-order valence-corrected chi connectivity index (χ4v) is 1.18. The van der Waals surface area contributed by atoms with Gasteiger partial charge in [-0.05, 0) is 17.7 Å². The number of nitro groups is 1. The summed E-state index contributed by atoms with van der Waals surface area (Å²) in [5.41, 5.74) is 0.111. The molecule has 0 N–H and O–H groups in total. The molecule has 9 heteroatoms. The van der Waals surface area contributed by atoms with Gasteiger partial charge in [0.25, 0.3) is 10.8 Å². The Morgan fingerprint density at radius 3 is 2.24 bits per heavy atom. The molecule has 1 rings (SSSR count). The molecule has 0 aliphatic rings. The van der Waals surface area contributed by atoms with Gasteiger partial charge in [0.2, 0.25) is 0 Å². The lowest BCUT2D eigenvalue weighted by Gasteiger charge is -2.10. The van der Waals surface area contributed by atoms with Crippen molar-refractivity contribution in [1.82, 2.24) is 0 Å². The predicted octanol–water partition coefficient (Wildman–Crippen LogP) is 1.61. The van der Waals surface area contributed by atoms with Crippen LogP contribution in [-0.4, -0.2) is 16.6 Å². The first-order valence-electron chi connectivity index (χ1n) is 4.39. The number of hydrogen-bond donors (Lipinski definition) is 0. The molecule has 17 heavy (non-hydrogen) atoms. The van der Waals surface area contributed by atoms with Crippen LogP contribution >= 0.6 is 0 Å². The number of nitrogens with zero attached hydrogens (tertiary/aromatic N) is 3. The number of hydrogen-bond acceptors (Lipinski definition) is 7. The van der Waals surface area contributed by atoms with Crippen LogP contribution in [-0.2, 0) is 4.84 Å². The first-order chi connectivity index (χ1) is 8.04. The van der Waals surface area contributed by atoms with E-state index in [1.165, 1.54) is 12.1 Å². The van der Waals surface area contributed by atoms with Crippen LogP contribution in [0.4, 0.5) is 5.69 Å². The van der Waals surface area contributed by atoms with Gasteiger partial charge in [-0.25, -0.2) is 0 Å². The highest BCUT2D eigenvalue weighted by Crippen LogP contribution is 2.21. The smallest absolute Gasteiger partial charge is 0.295 e. The highest BCUT2D eigenvalue weighted by molar-refractivity contribution is 5.33. The summed E-state index contributed by atoms with van der Waals surface area (Å²) in [4.78, 5) is 34.3. The average molecular weight is 241 g/mol. The average Bonchev–Trinajstić information content (AvgIpc) is 2.28. The third-order valence-corrected chi connectivity index (χ3v) is 1.93. The van der Waals surface area contributed by atoms with E-state index in [0.29, 0.717) is 0 Å². The van der Waals surface area contributed by atoms with Crippen molar-refractivity contribution in [3.05, 3.63) is 55.0 Å². The quantitative estimate of drug-likeness (QED) is 0.423. The summed E-state index contributed by atoms with van der Waals surface area (Å²) in [6.07, 6.45) is -1.15. The van der Waals surface area contributed by atoms with E-state index in [0.717, 1.165) is 12.1 Å². The molecule has 1 aromatic carbocycles. The van der Waals surface area contributed by atoms with Gasteiger partial charge in [0.1, 0.15) is 6.54 Å². The maximum atomic E-state index is 10.4. The highest BCUT2D eigenvalue weighted by atomic mass is 17.0. The van der Waals surface area contributed by atoms with E-state index >= 15 is 0 Å². The number of non-ortho nitro benzene ring substituents is 1. The first-order valence-corrected chi connectivity index (χ1v) is 4.39. The third-order valence-electron chi connectivity index (χ3n) is 1.93. The molecule has 0 amide bonds. The van der Waals surface area contributed by atoms with E-state index < -0.39 is 22.7 Å². The molecule has 0 bridgehead atoms. The largest absolute Gasteiger partial charge is 0.304 e. The molecule has 0 saturated heterocycles. The van der Waals surface area contributed by atoms with Gasteiger partial charge >= 0.3 is 0 Å². The molecule has 9 nitrogen and oxygen atoms in total. The molecule has 1 atom stereocenters. The molecule has 0 aliphatic carbocycles. The van der Waals surface area contributed by atoms with Gasteiger partial charge in [-0.3, -0.25) is 10.1 Å². The van der Waals surface area contributed by atoms with Crippen molar-refractivity contribution in [3.8, 4) is 0 Å². The Hall–Kier alpha value is -2.58. The van der Waals surface area contributed by atoms with Crippen LogP contribution in [0.1, 0.15) is 11.7 Å². The lowest BCUT2D eigenvalue weighted by molar-refractivity contribution is -0.770. The van der Waals surface area contributed by atoms with Crippen molar-refractivity contribution < 1.29 is 14.8 Å². The van der Waals surface area contributed by atoms with Gasteiger partial charge in [-0.2, -0.15) is 4.91 Å². The number of nitroso groups, excluding NO2 is 1. The minimum Gasteiger partial charge on any atom is -0.304 e. The zero-order valence-corrected chi connectivity index (χ0v) is 8.38. The Kier molecular flexibility index (Phi) is 4.03. The molecule has 90 valence electrons. The van der Waals surface area contributed by atoms with Crippen molar-refractivity contribution in [2.24, 2.45) is 5.18 Å². The van der Waals surface area contributed by atoms with Gasteiger partial charge in [0.15, 0.2) is 6.10 Å². The topological polar surface area (TPSA) is 125 Å². The normalized spacial score (nSPS) is 11.5. The summed E-state index contributed by atoms with van der Waals surface area (Å²) < 4.78 is 0. The third kappa shape index (κ3) is 3.48. The van der Waals surface area contributed by atoms with Crippen LogP contribution in [0.3, 0.4) is 0 Å².